The zero-order valence-electron chi connectivity index (χ0n) is 16.0. The molecule has 6 heteroatoms. The highest BCUT2D eigenvalue weighted by Crippen LogP contribution is 2.32. The molecule has 0 aromatic heterocycles. The zero-order valence-corrected chi connectivity index (χ0v) is 16.8. The number of halogens is 1. The Morgan fingerprint density at radius 1 is 1.11 bits per heavy atom. The summed E-state index contributed by atoms with van der Waals surface area (Å²) in [6.07, 6.45) is 0. The minimum absolute atomic E-state index is 0. The molecule has 1 N–H and O–H groups in total. The molecule has 1 aliphatic heterocycles. The van der Waals surface area contributed by atoms with Crippen molar-refractivity contribution in [3.8, 4) is 11.5 Å². The quantitative estimate of drug-likeness (QED) is 0.850. The highest BCUT2D eigenvalue weighted by molar-refractivity contribution is 5.85. The molecule has 2 atom stereocenters. The van der Waals surface area contributed by atoms with Crippen molar-refractivity contribution in [1.82, 2.24) is 10.2 Å². The van der Waals surface area contributed by atoms with Gasteiger partial charge in [-0.2, -0.15) is 0 Å². The predicted molar refractivity (Wildman–Crippen MR) is 109 cm³/mol. The van der Waals surface area contributed by atoms with E-state index in [2.05, 4.69) is 5.32 Å². The van der Waals surface area contributed by atoms with E-state index in [1.165, 1.54) is 0 Å². The number of rotatable bonds is 5. The molecule has 2 aromatic rings. The lowest BCUT2D eigenvalue weighted by Gasteiger charge is -2.38. The molecule has 1 amide bonds. The Hall–Kier alpha value is -2.24. The van der Waals surface area contributed by atoms with Gasteiger partial charge in [0.25, 0.3) is 0 Å². The summed E-state index contributed by atoms with van der Waals surface area (Å²) in [5.74, 6) is 1.53. The Bertz CT molecular complexity index is 751. The van der Waals surface area contributed by atoms with Gasteiger partial charge in [0.1, 0.15) is 11.5 Å². The second kappa shape index (κ2) is 9.62. The van der Waals surface area contributed by atoms with E-state index in [1.807, 2.05) is 60.4 Å². The van der Waals surface area contributed by atoms with E-state index >= 15 is 0 Å². The van der Waals surface area contributed by atoms with Gasteiger partial charge in [-0.15, -0.1) is 12.4 Å². The van der Waals surface area contributed by atoms with E-state index in [1.54, 1.807) is 14.2 Å². The Balaban J connectivity index is 0.00000261. The fourth-order valence-corrected chi connectivity index (χ4v) is 3.47. The van der Waals surface area contributed by atoms with Gasteiger partial charge in [-0.1, -0.05) is 30.3 Å². The van der Waals surface area contributed by atoms with Gasteiger partial charge in [-0.05, 0) is 30.7 Å². The molecule has 27 heavy (non-hydrogen) atoms. The van der Waals surface area contributed by atoms with Gasteiger partial charge in [0.15, 0.2) is 0 Å². The Morgan fingerprint density at radius 2 is 1.81 bits per heavy atom. The maximum Gasteiger partial charge on any atom is 0.230 e. The Morgan fingerprint density at radius 3 is 2.48 bits per heavy atom. The SMILES string of the molecule is COc1ccc(C(C)C(=O)N2CCNCC2c2ccccc2OC)cc1.Cl. The minimum Gasteiger partial charge on any atom is -0.497 e. The summed E-state index contributed by atoms with van der Waals surface area (Å²) in [5.41, 5.74) is 2.03. The smallest absolute Gasteiger partial charge is 0.230 e. The van der Waals surface area contributed by atoms with E-state index in [9.17, 15) is 4.79 Å². The van der Waals surface area contributed by atoms with Gasteiger partial charge >= 0.3 is 0 Å². The molecule has 2 aromatic carbocycles. The van der Waals surface area contributed by atoms with Gasteiger partial charge in [0.2, 0.25) is 5.91 Å². The van der Waals surface area contributed by atoms with E-state index < -0.39 is 0 Å². The van der Waals surface area contributed by atoms with Crippen LogP contribution in [-0.4, -0.2) is 44.7 Å². The summed E-state index contributed by atoms with van der Waals surface area (Å²) in [6.45, 7) is 4.17. The van der Waals surface area contributed by atoms with E-state index in [-0.39, 0.29) is 30.3 Å². The van der Waals surface area contributed by atoms with Crippen LogP contribution < -0.4 is 14.8 Å². The summed E-state index contributed by atoms with van der Waals surface area (Å²) in [4.78, 5) is 15.2. The number of methoxy groups -OCH3 is 2. The van der Waals surface area contributed by atoms with Crippen molar-refractivity contribution in [2.45, 2.75) is 18.9 Å². The highest BCUT2D eigenvalue weighted by atomic mass is 35.5. The molecule has 1 fully saturated rings. The summed E-state index contributed by atoms with van der Waals surface area (Å²) < 4.78 is 10.7. The van der Waals surface area contributed by atoms with Crippen LogP contribution in [0.4, 0.5) is 0 Å². The first-order chi connectivity index (χ1) is 12.7. The lowest BCUT2D eigenvalue weighted by Crippen LogP contribution is -2.49. The third-order valence-electron chi connectivity index (χ3n) is 5.01. The van der Waals surface area contributed by atoms with Crippen LogP contribution >= 0.6 is 12.4 Å². The third-order valence-corrected chi connectivity index (χ3v) is 5.01. The largest absolute Gasteiger partial charge is 0.497 e. The van der Waals surface area contributed by atoms with Crippen molar-refractivity contribution < 1.29 is 14.3 Å². The lowest BCUT2D eigenvalue weighted by molar-refractivity contribution is -0.135. The molecule has 0 bridgehead atoms. The van der Waals surface area contributed by atoms with Gasteiger partial charge in [-0.25, -0.2) is 0 Å². The second-order valence-electron chi connectivity index (χ2n) is 6.49. The van der Waals surface area contributed by atoms with E-state index in [0.717, 1.165) is 35.7 Å². The first kappa shape index (κ1) is 21.1. The average Bonchev–Trinajstić information content (AvgIpc) is 2.72. The molecular weight excluding hydrogens is 364 g/mol. The molecule has 146 valence electrons. The zero-order chi connectivity index (χ0) is 18.5. The monoisotopic (exact) mass is 390 g/mol. The number of piperazine rings is 1. The van der Waals surface area contributed by atoms with E-state index in [0.29, 0.717) is 6.54 Å². The number of hydrogen-bond donors (Lipinski definition) is 1. The van der Waals surface area contributed by atoms with Crippen LogP contribution in [0.2, 0.25) is 0 Å². The first-order valence-electron chi connectivity index (χ1n) is 8.93. The molecule has 1 heterocycles. The fraction of sp³-hybridized carbons (Fsp3) is 0.381. The van der Waals surface area contributed by atoms with Crippen molar-refractivity contribution in [1.29, 1.82) is 0 Å². The number of ether oxygens (including phenoxy) is 2. The molecule has 0 aliphatic carbocycles. The Kier molecular flexibility index (Phi) is 7.51. The van der Waals surface area contributed by atoms with Crippen LogP contribution in [0.5, 0.6) is 11.5 Å². The van der Waals surface area contributed by atoms with Gasteiger partial charge in [0, 0.05) is 25.2 Å². The number of para-hydroxylation sites is 1. The Labute approximate surface area is 167 Å². The predicted octanol–water partition coefficient (Wildman–Crippen LogP) is 3.40. The van der Waals surface area contributed by atoms with Gasteiger partial charge in [0.05, 0.1) is 26.2 Å². The molecule has 1 aliphatic rings. The van der Waals surface area contributed by atoms with Crippen LogP contribution in [0.15, 0.2) is 48.5 Å². The van der Waals surface area contributed by atoms with Gasteiger partial charge in [-0.3, -0.25) is 4.79 Å². The van der Waals surface area contributed by atoms with E-state index in [4.69, 9.17) is 9.47 Å². The topological polar surface area (TPSA) is 50.8 Å². The number of amides is 1. The number of nitrogens with zero attached hydrogens (tertiary/aromatic N) is 1. The minimum atomic E-state index is -0.212. The number of benzene rings is 2. The molecule has 1 saturated heterocycles. The van der Waals surface area contributed by atoms with Crippen LogP contribution in [0, 0.1) is 0 Å². The van der Waals surface area contributed by atoms with Crippen LogP contribution in [0.1, 0.15) is 30.0 Å². The summed E-state index contributed by atoms with van der Waals surface area (Å²) in [6, 6.07) is 15.6. The first-order valence-corrected chi connectivity index (χ1v) is 8.93. The lowest BCUT2D eigenvalue weighted by atomic mass is 9.96. The third kappa shape index (κ3) is 4.54. The van der Waals surface area contributed by atoms with Crippen LogP contribution in [0.3, 0.4) is 0 Å². The molecule has 0 radical (unpaired) electrons. The molecule has 5 nitrogen and oxygen atoms in total. The number of hydrogen-bond acceptors (Lipinski definition) is 4. The second-order valence-corrected chi connectivity index (χ2v) is 6.49. The summed E-state index contributed by atoms with van der Waals surface area (Å²) >= 11 is 0. The van der Waals surface area contributed by atoms with Crippen molar-refractivity contribution in [2.24, 2.45) is 0 Å². The maximum atomic E-state index is 13.3. The summed E-state index contributed by atoms with van der Waals surface area (Å²) in [7, 11) is 3.31. The molecule has 0 spiro atoms. The fourth-order valence-electron chi connectivity index (χ4n) is 3.47. The summed E-state index contributed by atoms with van der Waals surface area (Å²) in [5, 5.41) is 3.40. The molecule has 2 unspecified atom stereocenters. The molecule has 0 saturated carbocycles. The van der Waals surface area contributed by atoms with Gasteiger partial charge < -0.3 is 19.7 Å². The number of carbonyl (C=O) groups is 1. The molecular formula is C21H27ClN2O3. The maximum absolute atomic E-state index is 13.3. The number of nitrogens with one attached hydrogen (secondary N) is 1. The van der Waals surface area contributed by atoms with Crippen molar-refractivity contribution in [3.63, 3.8) is 0 Å². The van der Waals surface area contributed by atoms with Crippen molar-refractivity contribution >= 4 is 18.3 Å². The normalized spacial score (nSPS) is 17.6. The highest BCUT2D eigenvalue weighted by Gasteiger charge is 2.32. The van der Waals surface area contributed by atoms with Crippen LogP contribution in [-0.2, 0) is 4.79 Å². The van der Waals surface area contributed by atoms with Crippen LogP contribution in [0.25, 0.3) is 0 Å². The molecule has 3 rings (SSSR count). The van der Waals surface area contributed by atoms with Crippen molar-refractivity contribution in [2.75, 3.05) is 33.9 Å². The average molecular weight is 391 g/mol. The standard InChI is InChI=1S/C21H26N2O3.ClH/c1-15(16-8-10-17(25-2)11-9-16)21(24)23-13-12-22-14-19(23)18-6-4-5-7-20(18)26-3;/h4-11,15,19,22H,12-14H2,1-3H3;1H. The van der Waals surface area contributed by atoms with Crippen molar-refractivity contribution in [3.05, 3.63) is 59.7 Å². The number of carbonyl (C=O) groups excluding carboxylic acids is 1.